The molecule has 0 spiro atoms. The van der Waals surface area contributed by atoms with E-state index in [-0.39, 0.29) is 6.54 Å². The summed E-state index contributed by atoms with van der Waals surface area (Å²) in [6.07, 6.45) is 1.09. The molecule has 0 saturated carbocycles. The van der Waals surface area contributed by atoms with Crippen molar-refractivity contribution in [2.75, 3.05) is 39.6 Å². The van der Waals surface area contributed by atoms with Gasteiger partial charge in [0.05, 0.1) is 19.4 Å². The number of sulfonamides is 1. The molecule has 0 rings (SSSR count). The molecular weight excluding hydrogens is 234 g/mol. The number of nitrogens with zero attached hydrogens (tertiary/aromatic N) is 1. The molecule has 96 valence electrons. The lowest BCUT2D eigenvalue weighted by molar-refractivity contribution is 0.203. The van der Waals surface area contributed by atoms with Crippen molar-refractivity contribution in [1.29, 1.82) is 0 Å². The molecule has 0 aromatic carbocycles. The van der Waals surface area contributed by atoms with Gasteiger partial charge in [-0.1, -0.05) is 0 Å². The van der Waals surface area contributed by atoms with Crippen LogP contribution in [0.4, 0.5) is 0 Å². The highest BCUT2D eigenvalue weighted by molar-refractivity contribution is 7.88. The van der Waals surface area contributed by atoms with Crippen LogP contribution >= 0.6 is 0 Å². The predicted molar refractivity (Wildman–Crippen MR) is 62.4 cm³/mol. The fraction of sp³-hybridized carbons (Fsp3) is 0.857. The molecule has 0 fully saturated rings. The summed E-state index contributed by atoms with van der Waals surface area (Å²) in [5.41, 5.74) is 2.36. The van der Waals surface area contributed by atoms with Crippen LogP contribution in [0.3, 0.4) is 0 Å². The predicted octanol–water partition coefficient (Wildman–Crippen LogP) is -2.41. The maximum atomic E-state index is 10.7. The Labute approximate surface area is 95.7 Å². The number of hydrazine groups is 1. The van der Waals surface area contributed by atoms with E-state index in [0.29, 0.717) is 25.7 Å². The van der Waals surface area contributed by atoms with E-state index in [1.165, 1.54) is 0 Å². The second kappa shape index (κ2) is 8.28. The third-order valence-electron chi connectivity index (χ3n) is 1.48. The van der Waals surface area contributed by atoms with Crippen molar-refractivity contribution in [1.82, 2.24) is 15.5 Å². The monoisotopic (exact) mass is 253 g/mol. The fourth-order valence-electron chi connectivity index (χ4n) is 0.823. The maximum absolute atomic E-state index is 10.7. The van der Waals surface area contributed by atoms with Gasteiger partial charge in [0.25, 0.3) is 0 Å². The van der Waals surface area contributed by atoms with E-state index < -0.39 is 10.0 Å². The zero-order chi connectivity index (χ0) is 12.4. The molecule has 0 bridgehead atoms. The Bertz CT molecular complexity index is 303. The van der Waals surface area contributed by atoms with Crippen molar-refractivity contribution in [3.63, 3.8) is 0 Å². The molecule has 0 amide bonds. The first-order valence-electron chi connectivity index (χ1n) is 4.68. The van der Waals surface area contributed by atoms with E-state index in [1.54, 1.807) is 7.11 Å². The van der Waals surface area contributed by atoms with Crippen LogP contribution in [-0.2, 0) is 14.8 Å². The van der Waals surface area contributed by atoms with Crippen LogP contribution in [0, 0.1) is 0 Å². The summed E-state index contributed by atoms with van der Waals surface area (Å²) in [6, 6.07) is 0. The summed E-state index contributed by atoms with van der Waals surface area (Å²) in [6.45, 7) is 1.63. The van der Waals surface area contributed by atoms with Crippen LogP contribution in [0.25, 0.3) is 0 Å². The molecule has 0 unspecified atom stereocenters. The van der Waals surface area contributed by atoms with E-state index in [9.17, 15) is 8.42 Å². The van der Waals surface area contributed by atoms with Crippen molar-refractivity contribution in [2.24, 2.45) is 10.8 Å². The second-order valence-electron chi connectivity index (χ2n) is 2.96. The van der Waals surface area contributed by atoms with Gasteiger partial charge in [-0.25, -0.2) is 19.0 Å². The quantitative estimate of drug-likeness (QED) is 0.132. The molecule has 0 heterocycles. The summed E-state index contributed by atoms with van der Waals surface area (Å²) in [4.78, 5) is 4.00. The zero-order valence-electron chi connectivity index (χ0n) is 9.49. The van der Waals surface area contributed by atoms with Crippen LogP contribution < -0.4 is 21.3 Å². The van der Waals surface area contributed by atoms with Gasteiger partial charge in [-0.3, -0.25) is 10.4 Å². The number of guanidine groups is 1. The van der Waals surface area contributed by atoms with E-state index in [1.807, 2.05) is 0 Å². The number of hydrogen-bond acceptors (Lipinski definition) is 5. The van der Waals surface area contributed by atoms with Crippen molar-refractivity contribution in [3.05, 3.63) is 0 Å². The van der Waals surface area contributed by atoms with Gasteiger partial charge in [0.2, 0.25) is 16.0 Å². The number of hydrogen-bond donors (Lipinski definition) is 4. The number of aliphatic imine (C=N–C) groups is 1. The van der Waals surface area contributed by atoms with Crippen molar-refractivity contribution in [2.45, 2.75) is 0 Å². The van der Waals surface area contributed by atoms with E-state index >= 15 is 0 Å². The topological polar surface area (TPSA) is 118 Å². The molecule has 0 saturated heterocycles. The molecule has 8 nitrogen and oxygen atoms in total. The molecule has 0 aliphatic rings. The van der Waals surface area contributed by atoms with Gasteiger partial charge < -0.3 is 10.1 Å². The smallest absolute Gasteiger partial charge is 0.208 e. The lowest BCUT2D eigenvalue weighted by Crippen LogP contribution is -2.43. The minimum Gasteiger partial charge on any atom is -0.383 e. The zero-order valence-corrected chi connectivity index (χ0v) is 10.3. The lowest BCUT2D eigenvalue weighted by atomic mass is 10.6. The Morgan fingerprint density at radius 1 is 1.44 bits per heavy atom. The molecule has 0 aliphatic carbocycles. The number of rotatable bonds is 7. The summed E-state index contributed by atoms with van der Waals surface area (Å²) in [7, 11) is -1.57. The molecule has 9 heteroatoms. The Hall–Kier alpha value is -0.900. The van der Waals surface area contributed by atoms with Crippen molar-refractivity contribution in [3.8, 4) is 0 Å². The average Bonchev–Trinajstić information content (AvgIpc) is 2.20. The van der Waals surface area contributed by atoms with Gasteiger partial charge in [0.15, 0.2) is 0 Å². The van der Waals surface area contributed by atoms with Crippen LogP contribution in [0.2, 0.25) is 0 Å². The molecule has 0 aromatic heterocycles. The first-order chi connectivity index (χ1) is 7.49. The molecule has 5 N–H and O–H groups in total. The van der Waals surface area contributed by atoms with Gasteiger partial charge >= 0.3 is 0 Å². The minimum atomic E-state index is -3.16. The highest BCUT2D eigenvalue weighted by Crippen LogP contribution is 1.75. The first-order valence-corrected chi connectivity index (χ1v) is 6.57. The van der Waals surface area contributed by atoms with Gasteiger partial charge in [-0.05, 0) is 0 Å². The van der Waals surface area contributed by atoms with Gasteiger partial charge in [0.1, 0.15) is 0 Å². The first kappa shape index (κ1) is 15.1. The third-order valence-corrected chi connectivity index (χ3v) is 2.21. The third kappa shape index (κ3) is 9.65. The largest absolute Gasteiger partial charge is 0.383 e. The lowest BCUT2D eigenvalue weighted by Gasteiger charge is -2.08. The normalized spacial score (nSPS) is 12.6. The number of nitrogens with two attached hydrogens (primary N) is 1. The molecule has 0 radical (unpaired) electrons. The number of methoxy groups -OCH3 is 1. The van der Waals surface area contributed by atoms with Crippen LogP contribution in [0.5, 0.6) is 0 Å². The SMILES string of the molecule is COCCNC(=NCCNS(C)(=O)=O)NN. The summed E-state index contributed by atoms with van der Waals surface area (Å²) in [5.74, 6) is 5.60. The van der Waals surface area contributed by atoms with Gasteiger partial charge in [-0.2, -0.15) is 0 Å². The van der Waals surface area contributed by atoms with E-state index in [2.05, 4.69) is 20.5 Å². The molecule has 0 atom stereocenters. The van der Waals surface area contributed by atoms with E-state index in [4.69, 9.17) is 10.6 Å². The average molecular weight is 253 g/mol. The Morgan fingerprint density at radius 3 is 2.62 bits per heavy atom. The summed E-state index contributed by atoms with van der Waals surface area (Å²) < 4.78 is 28.6. The molecule has 0 aliphatic heterocycles. The Kier molecular flexibility index (Phi) is 7.81. The van der Waals surface area contributed by atoms with Crippen LogP contribution in [-0.4, -0.2) is 54.0 Å². The number of nitrogens with one attached hydrogen (secondary N) is 3. The number of ether oxygens (including phenoxy) is 1. The highest BCUT2D eigenvalue weighted by Gasteiger charge is 1.98. The standard InChI is InChI=1S/C7H19N5O3S/c1-15-6-5-10-7(12-8)9-3-4-11-16(2,13)14/h11H,3-6,8H2,1-2H3,(H2,9,10,12). The van der Waals surface area contributed by atoms with Crippen molar-refractivity contribution < 1.29 is 13.2 Å². The van der Waals surface area contributed by atoms with Crippen LogP contribution in [0.15, 0.2) is 4.99 Å². The van der Waals surface area contributed by atoms with Gasteiger partial charge in [0, 0.05) is 20.2 Å². The maximum Gasteiger partial charge on any atom is 0.208 e. The molecule has 16 heavy (non-hydrogen) atoms. The van der Waals surface area contributed by atoms with Crippen molar-refractivity contribution >= 4 is 16.0 Å². The fourth-order valence-corrected chi connectivity index (χ4v) is 1.28. The summed E-state index contributed by atoms with van der Waals surface area (Å²) >= 11 is 0. The Balaban J connectivity index is 3.80. The summed E-state index contributed by atoms with van der Waals surface area (Å²) in [5, 5.41) is 2.88. The highest BCUT2D eigenvalue weighted by atomic mass is 32.2. The second-order valence-corrected chi connectivity index (χ2v) is 4.79. The van der Waals surface area contributed by atoms with E-state index in [0.717, 1.165) is 6.26 Å². The van der Waals surface area contributed by atoms with Crippen LogP contribution in [0.1, 0.15) is 0 Å². The minimum absolute atomic E-state index is 0.232. The molecule has 0 aromatic rings. The Morgan fingerprint density at radius 2 is 2.12 bits per heavy atom. The molecular formula is C7H19N5O3S. The van der Waals surface area contributed by atoms with Gasteiger partial charge in [-0.15, -0.1) is 0 Å².